The quantitative estimate of drug-likeness (QED) is 0.312. The molecule has 0 bridgehead atoms. The van der Waals surface area contributed by atoms with Gasteiger partial charge in [0.25, 0.3) is 0 Å². The van der Waals surface area contributed by atoms with Gasteiger partial charge in [-0.05, 0) is 43.3 Å². The minimum atomic E-state index is -0.997. The largest absolute Gasteiger partial charge is 0.454 e. The first-order valence-electron chi connectivity index (χ1n) is 14.5. The number of anilines is 1. The van der Waals surface area contributed by atoms with Crippen molar-refractivity contribution in [3.05, 3.63) is 65.7 Å². The van der Waals surface area contributed by atoms with Gasteiger partial charge in [0.2, 0.25) is 0 Å². The van der Waals surface area contributed by atoms with Crippen molar-refractivity contribution in [2.75, 3.05) is 36.8 Å². The van der Waals surface area contributed by atoms with Gasteiger partial charge in [-0.3, -0.25) is 14.4 Å². The Hall–Kier alpha value is -3.37. The number of esters is 3. The Morgan fingerprint density at radius 1 is 0.881 bits per heavy atom. The van der Waals surface area contributed by atoms with E-state index in [0.29, 0.717) is 44.5 Å². The maximum atomic E-state index is 12.9. The highest BCUT2D eigenvalue weighted by Gasteiger charge is 2.42. The van der Waals surface area contributed by atoms with Crippen molar-refractivity contribution in [2.24, 2.45) is 0 Å². The van der Waals surface area contributed by atoms with E-state index in [-0.39, 0.29) is 17.5 Å². The molecule has 226 valence electrons. The maximum Gasteiger partial charge on any atom is 0.348 e. The van der Waals surface area contributed by atoms with E-state index in [4.69, 9.17) is 14.2 Å². The molecule has 2 aromatic carbocycles. The lowest BCUT2D eigenvalue weighted by atomic mass is 9.83. The zero-order valence-electron chi connectivity index (χ0n) is 24.6. The highest BCUT2D eigenvalue weighted by Crippen LogP contribution is 2.41. The molecule has 42 heavy (non-hydrogen) atoms. The van der Waals surface area contributed by atoms with E-state index in [1.165, 1.54) is 20.8 Å². The van der Waals surface area contributed by atoms with E-state index < -0.39 is 29.2 Å². The van der Waals surface area contributed by atoms with Gasteiger partial charge in [0.15, 0.2) is 11.2 Å². The molecule has 0 amide bonds. The summed E-state index contributed by atoms with van der Waals surface area (Å²) in [5.74, 6) is -0.994. The summed E-state index contributed by atoms with van der Waals surface area (Å²) in [7, 11) is 0. The molecule has 2 fully saturated rings. The van der Waals surface area contributed by atoms with Crippen molar-refractivity contribution in [1.29, 1.82) is 0 Å². The van der Waals surface area contributed by atoms with Gasteiger partial charge < -0.3 is 24.4 Å². The Morgan fingerprint density at radius 3 is 2.17 bits per heavy atom. The number of thioether (sulfide) groups is 1. The van der Waals surface area contributed by atoms with Gasteiger partial charge in [0.05, 0.1) is 6.42 Å². The van der Waals surface area contributed by atoms with Crippen LogP contribution >= 0.6 is 11.8 Å². The Bertz CT molecular complexity index is 1250. The van der Waals surface area contributed by atoms with Crippen LogP contribution in [0, 0.1) is 0 Å². The van der Waals surface area contributed by atoms with E-state index >= 15 is 0 Å². The van der Waals surface area contributed by atoms with Gasteiger partial charge in [0.1, 0.15) is 11.2 Å². The number of rotatable bonds is 10. The fourth-order valence-electron chi connectivity index (χ4n) is 5.70. The van der Waals surface area contributed by atoms with Crippen LogP contribution in [0.5, 0.6) is 0 Å². The third kappa shape index (κ3) is 7.92. The Morgan fingerprint density at radius 2 is 1.52 bits per heavy atom. The third-order valence-corrected chi connectivity index (χ3v) is 8.73. The second-order valence-electron chi connectivity index (χ2n) is 10.9. The number of carbonyl (C=O) groups is 4. The smallest absolute Gasteiger partial charge is 0.348 e. The molecule has 0 radical (unpaired) electrons. The van der Waals surface area contributed by atoms with Gasteiger partial charge in [-0.15, -0.1) is 0 Å². The second-order valence-corrected chi connectivity index (χ2v) is 12.2. The number of carbonyl (C=O) groups excluding carboxylic acids is 4. The molecule has 1 atom stereocenters. The average molecular weight is 597 g/mol. The summed E-state index contributed by atoms with van der Waals surface area (Å²) in [6.07, 6.45) is 1.62. The molecule has 0 aliphatic carbocycles. The molecule has 2 saturated heterocycles. The van der Waals surface area contributed by atoms with Gasteiger partial charge in [-0.1, -0.05) is 54.2 Å². The SMILES string of the molecule is CC(=O)OC(C)C(=O)OC1(c2ccccc2)CCN(c2cccc(C3(OC(=O)CCSC(C)=O)CCNCC3)c2)CC1. The Labute approximate surface area is 251 Å². The van der Waals surface area contributed by atoms with Crippen LogP contribution in [-0.2, 0) is 44.6 Å². The zero-order chi connectivity index (χ0) is 30.2. The molecule has 2 aliphatic rings. The highest BCUT2D eigenvalue weighted by atomic mass is 32.2. The van der Waals surface area contributed by atoms with E-state index in [0.717, 1.165) is 41.7 Å². The first-order valence-corrected chi connectivity index (χ1v) is 15.5. The number of piperidine rings is 2. The summed E-state index contributed by atoms with van der Waals surface area (Å²) >= 11 is 1.13. The molecule has 0 spiro atoms. The van der Waals surface area contributed by atoms with E-state index in [1.54, 1.807) is 0 Å². The van der Waals surface area contributed by atoms with Crippen molar-refractivity contribution in [3.63, 3.8) is 0 Å². The highest BCUT2D eigenvalue weighted by molar-refractivity contribution is 8.13. The van der Waals surface area contributed by atoms with Crippen LogP contribution in [0.2, 0.25) is 0 Å². The molecule has 0 saturated carbocycles. The van der Waals surface area contributed by atoms with Crippen molar-refractivity contribution in [1.82, 2.24) is 5.32 Å². The molecule has 10 heteroatoms. The van der Waals surface area contributed by atoms with Gasteiger partial charge in [-0.25, -0.2) is 4.79 Å². The Kier molecular flexibility index (Phi) is 10.7. The second kappa shape index (κ2) is 14.2. The minimum absolute atomic E-state index is 0.0152. The predicted molar refractivity (Wildman–Crippen MR) is 161 cm³/mol. The molecule has 4 rings (SSSR count). The fourth-order valence-corrected chi connectivity index (χ4v) is 6.26. The van der Waals surface area contributed by atoms with Crippen LogP contribution in [0.25, 0.3) is 0 Å². The van der Waals surface area contributed by atoms with Crippen LogP contribution in [0.15, 0.2) is 54.6 Å². The van der Waals surface area contributed by atoms with Crippen LogP contribution in [0.3, 0.4) is 0 Å². The molecular formula is C32H40N2O7S. The fraction of sp³-hybridized carbons (Fsp3) is 0.500. The summed E-state index contributed by atoms with van der Waals surface area (Å²) in [6, 6.07) is 17.9. The molecule has 0 aromatic heterocycles. The van der Waals surface area contributed by atoms with Crippen LogP contribution in [-0.4, -0.2) is 61.1 Å². The van der Waals surface area contributed by atoms with Crippen LogP contribution < -0.4 is 10.2 Å². The average Bonchev–Trinajstić information content (AvgIpc) is 2.98. The maximum absolute atomic E-state index is 12.9. The van der Waals surface area contributed by atoms with Gasteiger partial charge in [-0.2, -0.15) is 0 Å². The number of benzene rings is 2. The zero-order valence-corrected chi connectivity index (χ0v) is 25.4. The molecule has 1 unspecified atom stereocenters. The number of hydrogen-bond donors (Lipinski definition) is 1. The summed E-state index contributed by atoms with van der Waals surface area (Å²) in [5.41, 5.74) is 1.30. The topological polar surface area (TPSA) is 111 Å². The van der Waals surface area contributed by atoms with Crippen molar-refractivity contribution in [2.45, 2.75) is 70.2 Å². The lowest BCUT2D eigenvalue weighted by Gasteiger charge is -2.43. The van der Waals surface area contributed by atoms with Gasteiger partial charge >= 0.3 is 17.9 Å². The number of nitrogens with zero attached hydrogens (tertiary/aromatic N) is 1. The standard InChI is InChI=1S/C32H40N2O7S/c1-23(39-24(2)35)30(38)41-32(26-8-5-4-6-9-26)15-19-34(20-16-32)28-11-7-10-27(22-28)31(13-17-33-18-14-31)40-29(37)12-21-42-25(3)36/h4-11,22-23,33H,12-21H2,1-3H3. The number of hydrogen-bond acceptors (Lipinski definition) is 10. The molecule has 2 heterocycles. The number of nitrogens with one attached hydrogen (secondary N) is 1. The van der Waals surface area contributed by atoms with Crippen LogP contribution in [0.4, 0.5) is 5.69 Å². The number of ether oxygens (including phenoxy) is 3. The molecule has 1 N–H and O–H groups in total. The lowest BCUT2D eigenvalue weighted by Crippen LogP contribution is -2.47. The molecular weight excluding hydrogens is 556 g/mol. The van der Waals surface area contributed by atoms with Crippen LogP contribution in [0.1, 0.15) is 64.0 Å². The molecule has 9 nitrogen and oxygen atoms in total. The first-order chi connectivity index (χ1) is 20.1. The summed E-state index contributed by atoms with van der Waals surface area (Å²) in [6.45, 7) is 7.02. The predicted octanol–water partition coefficient (Wildman–Crippen LogP) is 4.47. The molecule has 2 aromatic rings. The van der Waals surface area contributed by atoms with Crippen molar-refractivity contribution in [3.8, 4) is 0 Å². The van der Waals surface area contributed by atoms with Crippen molar-refractivity contribution >= 4 is 40.5 Å². The summed E-state index contributed by atoms with van der Waals surface area (Å²) in [4.78, 5) is 50.7. The van der Waals surface area contributed by atoms with E-state index in [1.807, 2.05) is 48.5 Å². The third-order valence-electron chi connectivity index (χ3n) is 7.91. The summed E-state index contributed by atoms with van der Waals surface area (Å²) < 4.78 is 17.3. The van der Waals surface area contributed by atoms with E-state index in [9.17, 15) is 19.2 Å². The monoisotopic (exact) mass is 596 g/mol. The summed E-state index contributed by atoms with van der Waals surface area (Å²) in [5, 5.41) is 3.34. The normalized spacial score (nSPS) is 18.4. The van der Waals surface area contributed by atoms with E-state index in [2.05, 4.69) is 16.3 Å². The lowest BCUT2D eigenvalue weighted by molar-refractivity contribution is -0.180. The molecule has 2 aliphatic heterocycles. The van der Waals surface area contributed by atoms with Gasteiger partial charge in [0, 0.05) is 64.1 Å². The van der Waals surface area contributed by atoms with Crippen molar-refractivity contribution < 1.29 is 33.4 Å². The minimum Gasteiger partial charge on any atom is -0.454 e. The Balaban J connectivity index is 1.51. The first kappa shape index (κ1) is 31.6.